The van der Waals surface area contributed by atoms with Crippen LogP contribution < -0.4 is 14.4 Å². The van der Waals surface area contributed by atoms with Gasteiger partial charge in [0.1, 0.15) is 11.5 Å². The molecule has 8 nitrogen and oxygen atoms in total. The predicted molar refractivity (Wildman–Crippen MR) is 119 cm³/mol. The number of nitrogens with zero attached hydrogens (tertiary/aromatic N) is 3. The number of ether oxygens (including phenoxy) is 2. The first kappa shape index (κ1) is 21.7. The van der Waals surface area contributed by atoms with E-state index in [2.05, 4.69) is 0 Å². The van der Waals surface area contributed by atoms with Crippen LogP contribution in [0.3, 0.4) is 0 Å². The molecule has 32 heavy (non-hydrogen) atoms. The van der Waals surface area contributed by atoms with E-state index in [1.165, 1.54) is 0 Å². The van der Waals surface area contributed by atoms with E-state index in [4.69, 9.17) is 9.47 Å². The number of hydrogen-bond donors (Lipinski definition) is 0. The average molecular weight is 437 g/mol. The van der Waals surface area contributed by atoms with Gasteiger partial charge >= 0.3 is 0 Å². The van der Waals surface area contributed by atoms with Crippen molar-refractivity contribution in [3.8, 4) is 11.5 Å². The van der Waals surface area contributed by atoms with Gasteiger partial charge in [-0.15, -0.1) is 0 Å². The molecule has 2 fully saturated rings. The third-order valence-electron chi connectivity index (χ3n) is 6.07. The van der Waals surface area contributed by atoms with Crippen molar-refractivity contribution >= 4 is 23.4 Å². The lowest BCUT2D eigenvalue weighted by Gasteiger charge is -2.36. The highest BCUT2D eigenvalue weighted by Gasteiger charge is 2.38. The predicted octanol–water partition coefficient (Wildman–Crippen LogP) is 2.04. The highest BCUT2D eigenvalue weighted by Crippen LogP contribution is 2.28. The average Bonchev–Trinajstić information content (AvgIpc) is 3.24. The molecule has 0 spiro atoms. The first-order valence-electron chi connectivity index (χ1n) is 10.7. The lowest BCUT2D eigenvalue weighted by Crippen LogP contribution is -2.52. The van der Waals surface area contributed by atoms with Gasteiger partial charge in [-0.3, -0.25) is 14.4 Å². The summed E-state index contributed by atoms with van der Waals surface area (Å²) in [5, 5.41) is 0. The van der Waals surface area contributed by atoms with Gasteiger partial charge < -0.3 is 24.2 Å². The Balaban J connectivity index is 1.35. The summed E-state index contributed by atoms with van der Waals surface area (Å²) in [6.45, 7) is 2.17. The van der Waals surface area contributed by atoms with Crippen molar-refractivity contribution in [3.63, 3.8) is 0 Å². The van der Waals surface area contributed by atoms with Gasteiger partial charge in [-0.1, -0.05) is 12.1 Å². The molecule has 2 aliphatic heterocycles. The van der Waals surface area contributed by atoms with Crippen LogP contribution in [0.15, 0.2) is 48.5 Å². The van der Waals surface area contributed by atoms with Crippen LogP contribution in [0.4, 0.5) is 5.69 Å². The molecule has 0 aromatic heterocycles. The van der Waals surface area contributed by atoms with E-state index in [0.29, 0.717) is 49.8 Å². The van der Waals surface area contributed by atoms with Crippen LogP contribution in [-0.2, 0) is 9.59 Å². The Morgan fingerprint density at radius 2 is 1.53 bits per heavy atom. The molecule has 4 rings (SSSR count). The van der Waals surface area contributed by atoms with Gasteiger partial charge in [0, 0.05) is 44.8 Å². The Morgan fingerprint density at radius 3 is 2.19 bits per heavy atom. The fourth-order valence-corrected chi connectivity index (χ4v) is 4.26. The fraction of sp³-hybridized carbons (Fsp3) is 0.375. The molecule has 2 aromatic rings. The van der Waals surface area contributed by atoms with E-state index in [1.54, 1.807) is 59.3 Å². The van der Waals surface area contributed by atoms with Crippen molar-refractivity contribution in [1.82, 2.24) is 9.80 Å². The molecule has 3 amide bonds. The summed E-state index contributed by atoms with van der Waals surface area (Å²) in [6, 6.07) is 14.4. The van der Waals surface area contributed by atoms with Crippen LogP contribution in [0.2, 0.25) is 0 Å². The van der Waals surface area contributed by atoms with E-state index in [9.17, 15) is 14.4 Å². The molecule has 0 unspecified atom stereocenters. The van der Waals surface area contributed by atoms with Gasteiger partial charge in [0.25, 0.3) is 5.91 Å². The molecule has 0 radical (unpaired) electrons. The minimum Gasteiger partial charge on any atom is -0.497 e. The van der Waals surface area contributed by atoms with E-state index >= 15 is 0 Å². The van der Waals surface area contributed by atoms with Gasteiger partial charge in [0.2, 0.25) is 11.8 Å². The molecule has 2 saturated heterocycles. The number of hydrogen-bond acceptors (Lipinski definition) is 5. The Kier molecular flexibility index (Phi) is 6.30. The van der Waals surface area contributed by atoms with Gasteiger partial charge in [0.15, 0.2) is 0 Å². The standard InChI is InChI=1S/C24H27N3O5/c1-31-19-9-7-18(8-10-19)27-16-17(15-22(27)28)23(29)25-11-13-26(14-12-25)24(30)20-5-3-4-6-21(20)32-2/h3-10,17H,11-16H2,1-2H3/t17-/m1/s1. The fourth-order valence-electron chi connectivity index (χ4n) is 4.26. The van der Waals surface area contributed by atoms with Crippen LogP contribution in [0.5, 0.6) is 11.5 Å². The van der Waals surface area contributed by atoms with Crippen molar-refractivity contribution in [2.24, 2.45) is 5.92 Å². The lowest BCUT2D eigenvalue weighted by atomic mass is 10.1. The maximum absolute atomic E-state index is 13.1. The summed E-state index contributed by atoms with van der Waals surface area (Å²) in [5.74, 6) is 0.697. The molecule has 8 heteroatoms. The number of rotatable bonds is 5. The summed E-state index contributed by atoms with van der Waals surface area (Å²) in [7, 11) is 3.13. The van der Waals surface area contributed by atoms with E-state index in [0.717, 1.165) is 5.69 Å². The molecular weight excluding hydrogens is 410 g/mol. The number of amides is 3. The number of para-hydroxylation sites is 1. The molecule has 1 atom stereocenters. The van der Waals surface area contributed by atoms with Crippen molar-refractivity contribution in [2.75, 3.05) is 51.8 Å². The Hall–Kier alpha value is -3.55. The highest BCUT2D eigenvalue weighted by atomic mass is 16.5. The molecule has 0 N–H and O–H groups in total. The van der Waals surface area contributed by atoms with Crippen molar-refractivity contribution < 1.29 is 23.9 Å². The van der Waals surface area contributed by atoms with Gasteiger partial charge in [-0.05, 0) is 36.4 Å². The molecule has 168 valence electrons. The van der Waals surface area contributed by atoms with Crippen LogP contribution >= 0.6 is 0 Å². The minimum absolute atomic E-state index is 0.0289. The molecule has 2 aliphatic rings. The summed E-state index contributed by atoms with van der Waals surface area (Å²) in [4.78, 5) is 43.7. The second-order valence-corrected chi connectivity index (χ2v) is 7.92. The van der Waals surface area contributed by atoms with Crippen LogP contribution in [0, 0.1) is 5.92 Å². The number of benzene rings is 2. The Labute approximate surface area is 187 Å². The third-order valence-corrected chi connectivity index (χ3v) is 6.07. The van der Waals surface area contributed by atoms with Crippen LogP contribution in [-0.4, -0.2) is 74.5 Å². The zero-order valence-electron chi connectivity index (χ0n) is 18.3. The zero-order chi connectivity index (χ0) is 22.7. The summed E-state index contributed by atoms with van der Waals surface area (Å²) >= 11 is 0. The lowest BCUT2D eigenvalue weighted by molar-refractivity contribution is -0.137. The number of methoxy groups -OCH3 is 2. The molecule has 2 heterocycles. The normalized spacial score (nSPS) is 18.6. The molecular formula is C24H27N3O5. The Bertz CT molecular complexity index is 999. The molecule has 0 bridgehead atoms. The van der Waals surface area contributed by atoms with Crippen LogP contribution in [0.25, 0.3) is 0 Å². The largest absolute Gasteiger partial charge is 0.497 e. The molecule has 2 aromatic carbocycles. The number of carbonyl (C=O) groups excluding carboxylic acids is 3. The van der Waals surface area contributed by atoms with Gasteiger partial charge in [-0.2, -0.15) is 0 Å². The second kappa shape index (κ2) is 9.30. The third kappa shape index (κ3) is 4.26. The number of anilines is 1. The SMILES string of the molecule is COc1ccc(N2C[C@H](C(=O)N3CCN(C(=O)c4ccccc4OC)CC3)CC2=O)cc1. The van der Waals surface area contributed by atoms with Crippen LogP contribution in [0.1, 0.15) is 16.8 Å². The second-order valence-electron chi connectivity index (χ2n) is 7.92. The van der Waals surface area contributed by atoms with Crippen molar-refractivity contribution in [2.45, 2.75) is 6.42 Å². The van der Waals surface area contributed by atoms with Gasteiger partial charge in [0.05, 0.1) is 25.7 Å². The van der Waals surface area contributed by atoms with Crippen molar-refractivity contribution in [1.29, 1.82) is 0 Å². The zero-order valence-corrected chi connectivity index (χ0v) is 18.3. The highest BCUT2D eigenvalue weighted by molar-refractivity contribution is 6.00. The maximum Gasteiger partial charge on any atom is 0.257 e. The number of piperazine rings is 1. The monoisotopic (exact) mass is 437 g/mol. The van der Waals surface area contributed by atoms with Crippen molar-refractivity contribution in [3.05, 3.63) is 54.1 Å². The van der Waals surface area contributed by atoms with Gasteiger partial charge in [-0.25, -0.2) is 0 Å². The molecule has 0 aliphatic carbocycles. The maximum atomic E-state index is 13.1. The van der Waals surface area contributed by atoms with E-state index < -0.39 is 0 Å². The first-order valence-corrected chi connectivity index (χ1v) is 10.7. The Morgan fingerprint density at radius 1 is 0.875 bits per heavy atom. The topological polar surface area (TPSA) is 79.4 Å². The summed E-state index contributed by atoms with van der Waals surface area (Å²) < 4.78 is 10.5. The summed E-state index contributed by atoms with van der Waals surface area (Å²) in [6.07, 6.45) is 0.200. The minimum atomic E-state index is -0.374. The first-order chi connectivity index (χ1) is 15.5. The van der Waals surface area contributed by atoms with E-state index in [-0.39, 0.29) is 30.1 Å². The smallest absolute Gasteiger partial charge is 0.257 e. The molecule has 0 saturated carbocycles. The quantitative estimate of drug-likeness (QED) is 0.715. The number of carbonyl (C=O) groups is 3. The van der Waals surface area contributed by atoms with E-state index in [1.807, 2.05) is 18.2 Å². The summed E-state index contributed by atoms with van der Waals surface area (Å²) in [5.41, 5.74) is 1.28.